The summed E-state index contributed by atoms with van der Waals surface area (Å²) in [6, 6.07) is 9.25. The van der Waals surface area contributed by atoms with E-state index in [0.717, 1.165) is 5.56 Å². The van der Waals surface area contributed by atoms with E-state index in [1.54, 1.807) is 0 Å². The molecule has 1 aromatic rings. The molecular weight excluding hydrogens is 250 g/mol. The van der Waals surface area contributed by atoms with Gasteiger partial charge in [-0.2, -0.15) is 0 Å². The van der Waals surface area contributed by atoms with Gasteiger partial charge in [0.1, 0.15) is 6.61 Å². The van der Waals surface area contributed by atoms with Gasteiger partial charge in [-0.05, 0) is 5.56 Å². The number of hydrogen-bond donors (Lipinski definition) is 1. The third kappa shape index (κ3) is 5.50. The van der Waals surface area contributed by atoms with E-state index in [1.807, 2.05) is 30.3 Å². The quantitative estimate of drug-likeness (QED) is 0.749. The normalized spacial score (nSPS) is 10.3. The lowest BCUT2D eigenvalue weighted by molar-refractivity contribution is -0.155. The molecule has 6 heteroatoms. The van der Waals surface area contributed by atoms with Gasteiger partial charge in [-0.25, -0.2) is 4.79 Å². The number of hydrogen-bond acceptors (Lipinski definition) is 5. The molecule has 1 rings (SSSR count). The van der Waals surface area contributed by atoms with Crippen molar-refractivity contribution in [1.82, 2.24) is 5.32 Å². The molecule has 0 heterocycles. The van der Waals surface area contributed by atoms with Gasteiger partial charge in [0.15, 0.2) is 0 Å². The zero-order valence-corrected chi connectivity index (χ0v) is 10.9. The molecule has 0 bridgehead atoms. The average Bonchev–Trinajstić information content (AvgIpc) is 2.45. The van der Waals surface area contributed by atoms with Crippen LogP contribution in [0.5, 0.6) is 0 Å². The van der Waals surface area contributed by atoms with Crippen LogP contribution in [0.1, 0.15) is 5.56 Å². The Morgan fingerprint density at radius 2 is 1.79 bits per heavy atom. The Kier molecular flexibility index (Phi) is 6.56. The van der Waals surface area contributed by atoms with E-state index in [1.165, 1.54) is 14.2 Å². The van der Waals surface area contributed by atoms with Crippen LogP contribution < -0.4 is 5.32 Å². The molecule has 0 aromatic heterocycles. The number of benzene rings is 1. The first kappa shape index (κ1) is 15.1. The maximum absolute atomic E-state index is 11.5. The minimum atomic E-state index is -0.977. The predicted molar refractivity (Wildman–Crippen MR) is 67.4 cm³/mol. The lowest BCUT2D eigenvalue weighted by atomic mass is 10.2. The zero-order valence-electron chi connectivity index (χ0n) is 10.9. The molecule has 0 aliphatic carbocycles. The summed E-state index contributed by atoms with van der Waals surface area (Å²) in [5.74, 6) is -0.387. The predicted octanol–water partition coefficient (Wildman–Crippen LogP) is 1.10. The first-order valence-corrected chi connectivity index (χ1v) is 5.70. The number of carbonyl (C=O) groups is 2. The summed E-state index contributed by atoms with van der Waals surface area (Å²) in [7, 11) is 2.69. The Labute approximate surface area is 111 Å². The molecule has 0 fully saturated rings. The molecule has 1 N–H and O–H groups in total. The smallest absolute Gasteiger partial charge is 0.407 e. The Hall–Kier alpha value is -1.92. The van der Waals surface area contributed by atoms with E-state index in [4.69, 9.17) is 14.2 Å². The summed E-state index contributed by atoms with van der Waals surface area (Å²) in [4.78, 5) is 22.8. The molecule has 0 atom stereocenters. The summed E-state index contributed by atoms with van der Waals surface area (Å²) in [6.07, 6.45) is -1.64. The van der Waals surface area contributed by atoms with Crippen LogP contribution >= 0.6 is 0 Å². The Morgan fingerprint density at radius 3 is 2.37 bits per heavy atom. The van der Waals surface area contributed by atoms with Gasteiger partial charge in [0.25, 0.3) is 0 Å². The van der Waals surface area contributed by atoms with Gasteiger partial charge in [-0.15, -0.1) is 0 Å². The van der Waals surface area contributed by atoms with Crippen molar-refractivity contribution >= 4 is 11.9 Å². The van der Waals surface area contributed by atoms with Gasteiger partial charge >= 0.3 is 6.09 Å². The molecule has 0 aliphatic heterocycles. The van der Waals surface area contributed by atoms with Crippen molar-refractivity contribution in [2.45, 2.75) is 12.9 Å². The highest BCUT2D eigenvalue weighted by molar-refractivity contribution is 5.86. The van der Waals surface area contributed by atoms with Crippen LogP contribution in [0, 0.1) is 0 Å². The number of ketones is 1. The Balaban J connectivity index is 2.26. The number of ether oxygens (including phenoxy) is 3. The Bertz CT molecular complexity index is 403. The summed E-state index contributed by atoms with van der Waals surface area (Å²) in [6.45, 7) is -0.0567. The van der Waals surface area contributed by atoms with Crippen LogP contribution in [0.15, 0.2) is 30.3 Å². The van der Waals surface area contributed by atoms with Crippen LogP contribution in [0.4, 0.5) is 4.79 Å². The van der Waals surface area contributed by atoms with Crippen molar-refractivity contribution in [3.8, 4) is 0 Å². The number of amides is 1. The molecule has 0 saturated heterocycles. The summed E-state index contributed by atoms with van der Waals surface area (Å²) < 4.78 is 14.5. The van der Waals surface area contributed by atoms with Gasteiger partial charge in [-0.1, -0.05) is 30.3 Å². The highest BCUT2D eigenvalue weighted by Crippen LogP contribution is 2.00. The third-order valence-corrected chi connectivity index (χ3v) is 2.31. The SMILES string of the molecule is COC(OC)C(=O)CNC(=O)OCc1ccccc1. The standard InChI is InChI=1S/C13H17NO5/c1-17-12(18-2)11(15)8-14-13(16)19-9-10-6-4-3-5-7-10/h3-7,12H,8-9H2,1-2H3,(H,14,16). The number of rotatable bonds is 7. The van der Waals surface area contributed by atoms with Gasteiger partial charge in [0.05, 0.1) is 6.54 Å². The fourth-order valence-corrected chi connectivity index (χ4v) is 1.38. The highest BCUT2D eigenvalue weighted by atomic mass is 16.7. The number of Topliss-reactive ketones (excluding diaryl/α,β-unsaturated/α-hetero) is 1. The van der Waals surface area contributed by atoms with Crippen LogP contribution in [-0.2, 0) is 25.6 Å². The van der Waals surface area contributed by atoms with Gasteiger partial charge in [-0.3, -0.25) is 4.79 Å². The summed E-state index contributed by atoms with van der Waals surface area (Å²) in [5.41, 5.74) is 0.871. The van der Waals surface area contributed by atoms with Crippen LogP contribution in [0.3, 0.4) is 0 Å². The molecule has 104 valence electrons. The van der Waals surface area contributed by atoms with E-state index in [-0.39, 0.29) is 18.9 Å². The molecular formula is C13H17NO5. The molecule has 0 saturated carbocycles. The lowest BCUT2D eigenvalue weighted by Gasteiger charge is -2.12. The third-order valence-electron chi connectivity index (χ3n) is 2.31. The number of alkyl carbamates (subject to hydrolysis) is 1. The molecule has 0 spiro atoms. The fourth-order valence-electron chi connectivity index (χ4n) is 1.38. The molecule has 1 aromatic carbocycles. The fraction of sp³-hybridized carbons (Fsp3) is 0.385. The van der Waals surface area contributed by atoms with E-state index in [2.05, 4.69) is 5.32 Å². The summed E-state index contributed by atoms with van der Waals surface area (Å²) >= 11 is 0. The van der Waals surface area contributed by atoms with Crippen molar-refractivity contribution in [2.75, 3.05) is 20.8 Å². The second-order valence-electron chi connectivity index (χ2n) is 3.68. The van der Waals surface area contributed by atoms with Crippen molar-refractivity contribution in [1.29, 1.82) is 0 Å². The molecule has 0 radical (unpaired) electrons. The van der Waals surface area contributed by atoms with Crippen LogP contribution in [0.25, 0.3) is 0 Å². The van der Waals surface area contributed by atoms with Crippen LogP contribution in [-0.4, -0.2) is 38.9 Å². The second-order valence-corrected chi connectivity index (χ2v) is 3.68. The first-order valence-electron chi connectivity index (χ1n) is 5.70. The maximum atomic E-state index is 11.5. The number of carbonyl (C=O) groups excluding carboxylic acids is 2. The monoisotopic (exact) mass is 267 g/mol. The molecule has 0 aliphatic rings. The number of methoxy groups -OCH3 is 2. The molecule has 1 amide bonds. The number of nitrogens with one attached hydrogen (secondary N) is 1. The molecule has 0 unspecified atom stereocenters. The highest BCUT2D eigenvalue weighted by Gasteiger charge is 2.17. The average molecular weight is 267 g/mol. The topological polar surface area (TPSA) is 73.9 Å². The van der Waals surface area contributed by atoms with E-state index >= 15 is 0 Å². The van der Waals surface area contributed by atoms with Crippen LogP contribution in [0.2, 0.25) is 0 Å². The van der Waals surface area contributed by atoms with Gasteiger partial charge < -0.3 is 19.5 Å². The van der Waals surface area contributed by atoms with Crippen molar-refractivity contribution < 1.29 is 23.8 Å². The summed E-state index contributed by atoms with van der Waals surface area (Å²) in [5, 5.41) is 2.33. The maximum Gasteiger partial charge on any atom is 0.407 e. The first-order chi connectivity index (χ1) is 9.17. The largest absolute Gasteiger partial charge is 0.445 e. The van der Waals surface area contributed by atoms with E-state index in [0.29, 0.717) is 0 Å². The minimum absolute atomic E-state index is 0.152. The van der Waals surface area contributed by atoms with Crippen molar-refractivity contribution in [3.05, 3.63) is 35.9 Å². The Morgan fingerprint density at radius 1 is 1.16 bits per heavy atom. The van der Waals surface area contributed by atoms with Crippen molar-refractivity contribution in [3.63, 3.8) is 0 Å². The van der Waals surface area contributed by atoms with E-state index in [9.17, 15) is 9.59 Å². The molecule has 6 nitrogen and oxygen atoms in total. The zero-order chi connectivity index (χ0) is 14.1. The van der Waals surface area contributed by atoms with Gasteiger partial charge in [0.2, 0.25) is 12.1 Å². The second kappa shape index (κ2) is 8.23. The van der Waals surface area contributed by atoms with Crippen molar-refractivity contribution in [2.24, 2.45) is 0 Å². The minimum Gasteiger partial charge on any atom is -0.445 e. The lowest BCUT2D eigenvalue weighted by Crippen LogP contribution is -2.37. The van der Waals surface area contributed by atoms with Gasteiger partial charge in [0, 0.05) is 14.2 Å². The van der Waals surface area contributed by atoms with E-state index < -0.39 is 12.4 Å². The molecule has 19 heavy (non-hydrogen) atoms.